The fourth-order valence-corrected chi connectivity index (χ4v) is 6.04. The number of hydrogen-bond donors (Lipinski definition) is 1. The Balaban J connectivity index is 1.47. The van der Waals surface area contributed by atoms with Crippen LogP contribution in [0.1, 0.15) is 47.7 Å². The molecule has 4 aromatic carbocycles. The second-order valence-electron chi connectivity index (χ2n) is 11.4. The molecule has 11 nitrogen and oxygen atoms in total. The summed E-state index contributed by atoms with van der Waals surface area (Å²) in [6, 6.07) is 29.0. The standard InChI is InChI=1S/C39H41NO10/c1-6-23-47-31-18-16-29(17-19-31)39(30-26-34(43-2)36(45-4)35(27-30)44-3)38(46-5,21-24-48-39)20-11-22-40(42)37(41)28-12-10-15-33(25-28)50-49-32-13-8-7-9-14-32/h7-10,12-19,25-27,42H,6,20-21,23-24H2,1-5H3. The molecule has 2 atom stereocenters. The van der Waals surface area contributed by atoms with Gasteiger partial charge < -0.3 is 28.4 Å². The number of carbonyl (C=O) groups is 1. The van der Waals surface area contributed by atoms with Gasteiger partial charge in [0.05, 0.1) is 34.5 Å². The summed E-state index contributed by atoms with van der Waals surface area (Å²) in [6.45, 7) is 2.95. The zero-order chi connectivity index (χ0) is 35.6. The highest BCUT2D eigenvalue weighted by Gasteiger charge is 2.59. The van der Waals surface area contributed by atoms with Crippen LogP contribution in [0.4, 0.5) is 0 Å². The summed E-state index contributed by atoms with van der Waals surface area (Å²) >= 11 is 0. The normalized spacial score (nSPS) is 18.0. The van der Waals surface area contributed by atoms with Crippen LogP contribution in [0.3, 0.4) is 0 Å². The van der Waals surface area contributed by atoms with Crippen LogP contribution in [-0.4, -0.2) is 63.4 Å². The van der Waals surface area contributed by atoms with E-state index < -0.39 is 17.1 Å². The average molecular weight is 684 g/mol. The minimum absolute atomic E-state index is 0.0622. The SMILES string of the molecule is CCCOc1ccc(C2(c3cc(OC)c(OC)c(OC)c3)OCCC2(CC#CN(O)C(=O)c2cccc(OOc3ccccc3)c2)OC)cc1. The molecular formula is C39H41NO10. The number of hydroxylamine groups is 2. The molecule has 0 radical (unpaired) electrons. The molecule has 0 saturated carbocycles. The Morgan fingerprint density at radius 2 is 1.50 bits per heavy atom. The maximum absolute atomic E-state index is 13.2. The first-order valence-corrected chi connectivity index (χ1v) is 16.1. The van der Waals surface area contributed by atoms with E-state index in [-0.39, 0.29) is 17.7 Å². The van der Waals surface area contributed by atoms with E-state index in [0.717, 1.165) is 12.0 Å². The summed E-state index contributed by atoms with van der Waals surface area (Å²) in [6.07, 6.45) is 1.37. The zero-order valence-corrected chi connectivity index (χ0v) is 28.8. The maximum Gasteiger partial charge on any atom is 0.289 e. The van der Waals surface area contributed by atoms with Gasteiger partial charge in [-0.3, -0.25) is 19.8 Å². The predicted octanol–water partition coefficient (Wildman–Crippen LogP) is 6.81. The highest BCUT2D eigenvalue weighted by atomic mass is 17.2. The number of para-hydroxylation sites is 1. The van der Waals surface area contributed by atoms with Crippen molar-refractivity contribution in [2.75, 3.05) is 41.7 Å². The third kappa shape index (κ3) is 7.28. The van der Waals surface area contributed by atoms with Crippen molar-refractivity contribution in [3.8, 4) is 46.5 Å². The molecule has 50 heavy (non-hydrogen) atoms. The van der Waals surface area contributed by atoms with E-state index in [4.69, 9.17) is 38.2 Å². The summed E-state index contributed by atoms with van der Waals surface area (Å²) in [7, 11) is 6.22. The molecular weight excluding hydrogens is 642 g/mol. The molecule has 11 heteroatoms. The van der Waals surface area contributed by atoms with Crippen molar-refractivity contribution in [3.05, 3.63) is 108 Å². The summed E-state index contributed by atoms with van der Waals surface area (Å²) in [4.78, 5) is 23.9. The first-order chi connectivity index (χ1) is 24.3. The molecule has 262 valence electrons. The van der Waals surface area contributed by atoms with E-state index in [9.17, 15) is 10.0 Å². The topological polar surface area (TPSA) is 114 Å². The van der Waals surface area contributed by atoms with Crippen molar-refractivity contribution in [1.82, 2.24) is 5.06 Å². The second-order valence-corrected chi connectivity index (χ2v) is 11.4. The van der Waals surface area contributed by atoms with Crippen LogP contribution in [0.25, 0.3) is 0 Å². The summed E-state index contributed by atoms with van der Waals surface area (Å²) in [5, 5.41) is 11.1. The third-order valence-electron chi connectivity index (χ3n) is 8.47. The molecule has 1 aliphatic rings. The van der Waals surface area contributed by atoms with Gasteiger partial charge in [0, 0.05) is 31.6 Å². The summed E-state index contributed by atoms with van der Waals surface area (Å²) < 4.78 is 35.9. The van der Waals surface area contributed by atoms with Gasteiger partial charge in [0.25, 0.3) is 5.91 Å². The number of benzene rings is 4. The van der Waals surface area contributed by atoms with E-state index >= 15 is 0 Å². The number of amides is 1. The van der Waals surface area contributed by atoms with Crippen LogP contribution in [-0.2, 0) is 15.1 Å². The Morgan fingerprint density at radius 3 is 2.14 bits per heavy atom. The second kappa shape index (κ2) is 16.3. The fourth-order valence-electron chi connectivity index (χ4n) is 6.04. The number of methoxy groups -OCH3 is 4. The lowest BCUT2D eigenvalue weighted by Crippen LogP contribution is -2.50. The van der Waals surface area contributed by atoms with E-state index in [2.05, 4.69) is 12.0 Å². The van der Waals surface area contributed by atoms with Crippen molar-refractivity contribution in [3.63, 3.8) is 0 Å². The number of hydrogen-bond acceptors (Lipinski definition) is 10. The predicted molar refractivity (Wildman–Crippen MR) is 184 cm³/mol. The van der Waals surface area contributed by atoms with Gasteiger partial charge in [-0.05, 0) is 72.1 Å². The minimum Gasteiger partial charge on any atom is -0.494 e. The number of ether oxygens (including phenoxy) is 6. The lowest BCUT2D eigenvalue weighted by molar-refractivity contribution is -0.118. The number of rotatable bonds is 14. The van der Waals surface area contributed by atoms with Gasteiger partial charge >= 0.3 is 0 Å². The minimum atomic E-state index is -1.23. The lowest BCUT2D eigenvalue weighted by atomic mass is 9.71. The number of carbonyl (C=O) groups excluding carboxylic acids is 1. The quantitative estimate of drug-likeness (QED) is 0.0500. The molecule has 0 bridgehead atoms. The van der Waals surface area contributed by atoms with Crippen molar-refractivity contribution < 1.29 is 48.2 Å². The van der Waals surface area contributed by atoms with Crippen LogP contribution in [0.15, 0.2) is 91.0 Å². The Labute approximate surface area is 292 Å². The Bertz CT molecular complexity index is 1780. The van der Waals surface area contributed by atoms with Crippen molar-refractivity contribution in [2.24, 2.45) is 0 Å². The fraction of sp³-hybridized carbons (Fsp3) is 0.308. The molecule has 0 spiro atoms. The van der Waals surface area contributed by atoms with Crippen LogP contribution in [0, 0.1) is 12.0 Å². The number of nitrogens with zero attached hydrogens (tertiary/aromatic N) is 1. The largest absolute Gasteiger partial charge is 0.494 e. The molecule has 2 unspecified atom stereocenters. The van der Waals surface area contributed by atoms with Gasteiger partial charge in [-0.25, -0.2) is 0 Å². The molecule has 1 aliphatic heterocycles. The van der Waals surface area contributed by atoms with Crippen LogP contribution < -0.4 is 28.7 Å². The molecule has 1 N–H and O–H groups in total. The molecule has 1 fully saturated rings. The van der Waals surface area contributed by atoms with Gasteiger partial charge in [-0.15, -0.1) is 5.06 Å². The van der Waals surface area contributed by atoms with Crippen molar-refractivity contribution in [2.45, 2.75) is 37.4 Å². The van der Waals surface area contributed by atoms with Gasteiger partial charge in [0.2, 0.25) is 5.75 Å². The first-order valence-electron chi connectivity index (χ1n) is 16.1. The molecule has 1 saturated heterocycles. The highest BCUT2D eigenvalue weighted by Crippen LogP contribution is 2.55. The lowest BCUT2D eigenvalue weighted by Gasteiger charge is -2.44. The highest BCUT2D eigenvalue weighted by molar-refractivity contribution is 5.94. The van der Waals surface area contributed by atoms with E-state index in [0.29, 0.717) is 59.0 Å². The first kappa shape index (κ1) is 35.9. The smallest absolute Gasteiger partial charge is 0.289 e. The van der Waals surface area contributed by atoms with E-state index in [1.165, 1.54) is 19.2 Å². The Morgan fingerprint density at radius 1 is 0.820 bits per heavy atom. The van der Waals surface area contributed by atoms with Crippen LogP contribution in [0.5, 0.6) is 34.5 Å². The van der Waals surface area contributed by atoms with E-state index in [1.54, 1.807) is 57.7 Å². The van der Waals surface area contributed by atoms with Gasteiger partial charge in [0.1, 0.15) is 17.0 Å². The Hall–Kier alpha value is -5.41. The Kier molecular flexibility index (Phi) is 11.7. The monoisotopic (exact) mass is 683 g/mol. The average Bonchev–Trinajstić information content (AvgIpc) is 3.56. The summed E-state index contributed by atoms with van der Waals surface area (Å²) in [5.41, 5.74) is -0.756. The molecule has 1 amide bonds. The van der Waals surface area contributed by atoms with E-state index in [1.807, 2.05) is 49.4 Å². The molecule has 4 aromatic rings. The molecule has 5 rings (SSSR count). The van der Waals surface area contributed by atoms with Crippen molar-refractivity contribution in [1.29, 1.82) is 0 Å². The summed E-state index contributed by atoms with van der Waals surface area (Å²) in [5.74, 6) is 4.99. The third-order valence-corrected chi connectivity index (χ3v) is 8.47. The molecule has 0 aliphatic carbocycles. The van der Waals surface area contributed by atoms with Gasteiger partial charge in [-0.1, -0.05) is 49.2 Å². The van der Waals surface area contributed by atoms with Gasteiger partial charge in [-0.2, -0.15) is 0 Å². The van der Waals surface area contributed by atoms with Crippen LogP contribution in [0.2, 0.25) is 0 Å². The van der Waals surface area contributed by atoms with Crippen LogP contribution >= 0.6 is 0 Å². The molecule has 0 aromatic heterocycles. The van der Waals surface area contributed by atoms with Gasteiger partial charge in [0.15, 0.2) is 23.0 Å². The molecule has 1 heterocycles. The van der Waals surface area contributed by atoms with Crippen molar-refractivity contribution >= 4 is 5.91 Å². The zero-order valence-electron chi connectivity index (χ0n) is 28.8. The maximum atomic E-state index is 13.2.